The number of fused-ring (bicyclic) bond motifs is 1. The Morgan fingerprint density at radius 3 is 2.53 bits per heavy atom. The Labute approximate surface area is 268 Å². The van der Waals surface area contributed by atoms with Crippen molar-refractivity contribution in [1.29, 1.82) is 0 Å². The van der Waals surface area contributed by atoms with Crippen molar-refractivity contribution in [1.82, 2.24) is 4.90 Å². The minimum absolute atomic E-state index is 0.0777. The third-order valence-electron chi connectivity index (χ3n) is 9.23. The van der Waals surface area contributed by atoms with E-state index in [4.69, 9.17) is 24.7 Å². The van der Waals surface area contributed by atoms with Crippen LogP contribution in [0.4, 0.5) is 10.5 Å². The van der Waals surface area contributed by atoms with Crippen LogP contribution in [-0.4, -0.2) is 77.3 Å². The Balaban J connectivity index is 1.56. The number of rotatable bonds is 9. The highest BCUT2D eigenvalue weighted by molar-refractivity contribution is 8.00. The highest BCUT2D eigenvalue weighted by Crippen LogP contribution is 2.47. The molecule has 3 fully saturated rings. The molecule has 3 saturated heterocycles. The first-order chi connectivity index (χ1) is 21.4. The number of nitrogens with zero attached hydrogens (tertiary/aromatic N) is 2. The summed E-state index contributed by atoms with van der Waals surface area (Å²) >= 11 is 1.48. The van der Waals surface area contributed by atoms with Crippen LogP contribution in [0.15, 0.2) is 30.3 Å². The number of benzene rings is 2. The predicted octanol–water partition coefficient (Wildman–Crippen LogP) is 4.58. The topological polar surface area (TPSA) is 141 Å². The molecule has 2 aromatic rings. The first-order valence-corrected chi connectivity index (χ1v) is 16.3. The summed E-state index contributed by atoms with van der Waals surface area (Å²) in [6, 6.07) is 8.32. The van der Waals surface area contributed by atoms with Crippen molar-refractivity contribution in [2.75, 3.05) is 31.1 Å². The van der Waals surface area contributed by atoms with E-state index >= 15 is 0 Å². The van der Waals surface area contributed by atoms with Crippen LogP contribution in [0.25, 0.3) is 0 Å². The molecule has 2 aromatic carbocycles. The summed E-state index contributed by atoms with van der Waals surface area (Å²) in [6.45, 7) is 10.3. The van der Waals surface area contributed by atoms with E-state index in [2.05, 4.69) is 0 Å². The third-order valence-corrected chi connectivity index (χ3v) is 10.6. The second-order valence-corrected chi connectivity index (χ2v) is 14.0. The molecule has 11 nitrogen and oxygen atoms in total. The van der Waals surface area contributed by atoms with E-state index in [9.17, 15) is 19.5 Å². The average Bonchev–Trinajstić information content (AvgIpc) is 3.69. The van der Waals surface area contributed by atoms with Gasteiger partial charge in [0.25, 0.3) is 0 Å². The molecule has 0 bridgehead atoms. The van der Waals surface area contributed by atoms with Gasteiger partial charge in [0.1, 0.15) is 29.3 Å². The number of thioether (sulfide) groups is 1. The first-order valence-electron chi connectivity index (χ1n) is 15.3. The number of primary amides is 1. The molecule has 0 spiro atoms. The Morgan fingerprint density at radius 1 is 1.18 bits per heavy atom. The molecule has 45 heavy (non-hydrogen) atoms. The van der Waals surface area contributed by atoms with Gasteiger partial charge in [-0.25, -0.2) is 4.79 Å². The Morgan fingerprint density at radius 2 is 1.89 bits per heavy atom. The van der Waals surface area contributed by atoms with Crippen LogP contribution in [0.5, 0.6) is 11.5 Å². The molecule has 3 aliphatic rings. The van der Waals surface area contributed by atoms with Gasteiger partial charge in [-0.3, -0.25) is 14.5 Å². The first kappa shape index (κ1) is 32.9. The number of amides is 3. The molecular formula is C33H43N3O8S. The molecule has 0 saturated carbocycles. The van der Waals surface area contributed by atoms with Crippen LogP contribution in [0.1, 0.15) is 61.8 Å². The van der Waals surface area contributed by atoms with Crippen LogP contribution in [0, 0.1) is 19.8 Å². The highest BCUT2D eigenvalue weighted by Gasteiger charge is 2.49. The fraction of sp³-hybridized carbons (Fsp3) is 0.545. The number of ether oxygens (including phenoxy) is 4. The number of phenols is 1. The Kier molecular flexibility index (Phi) is 9.57. The van der Waals surface area contributed by atoms with Gasteiger partial charge in [0, 0.05) is 10.3 Å². The van der Waals surface area contributed by atoms with Gasteiger partial charge in [-0.2, -0.15) is 0 Å². The molecule has 0 aliphatic carbocycles. The second kappa shape index (κ2) is 13.1. The summed E-state index contributed by atoms with van der Waals surface area (Å²) in [6.07, 6.45) is -0.573. The number of hydrogen-bond donors (Lipinski definition) is 2. The van der Waals surface area contributed by atoms with Gasteiger partial charge in [-0.1, -0.05) is 31.2 Å². The van der Waals surface area contributed by atoms with Crippen molar-refractivity contribution in [3.05, 3.63) is 52.6 Å². The molecule has 244 valence electrons. The van der Waals surface area contributed by atoms with Gasteiger partial charge in [0.2, 0.25) is 11.8 Å². The van der Waals surface area contributed by atoms with Crippen molar-refractivity contribution in [2.45, 2.75) is 83.1 Å². The summed E-state index contributed by atoms with van der Waals surface area (Å²) in [5.74, 6) is -1.56. The van der Waals surface area contributed by atoms with Crippen LogP contribution in [0.3, 0.4) is 0 Å². The molecule has 3 heterocycles. The molecule has 5 atom stereocenters. The molecule has 3 amide bonds. The van der Waals surface area contributed by atoms with Gasteiger partial charge in [0.15, 0.2) is 6.29 Å². The molecular weight excluding hydrogens is 598 g/mol. The molecule has 3 aliphatic heterocycles. The van der Waals surface area contributed by atoms with Crippen molar-refractivity contribution < 1.29 is 38.4 Å². The number of phenolic OH excluding ortho intramolecular Hbond substituents is 1. The maximum absolute atomic E-state index is 14.1. The number of nitrogens with two attached hydrogens (primary N) is 1. The van der Waals surface area contributed by atoms with Crippen molar-refractivity contribution in [3.63, 3.8) is 0 Å². The Bertz CT molecular complexity index is 1450. The zero-order valence-electron chi connectivity index (χ0n) is 26.7. The largest absolute Gasteiger partial charge is 0.505 e. The average molecular weight is 642 g/mol. The lowest BCUT2D eigenvalue weighted by molar-refractivity contribution is -0.139. The number of aromatic hydroxyl groups is 1. The number of carbonyl (C=O) groups excluding carboxylic acids is 3. The maximum Gasteiger partial charge on any atom is 0.415 e. The standard InChI is InChI=1S/C33H43N3O8S/c1-7-20(30(39)36-17-45-33(4,5)28(36)29(34)38)21-11-12-24(41-6)26(27(21)37)35(15-23-18(2)9-8-10-19(23)3)32(40)44-25-16-43-31-22(25)13-14-42-31/h8-12,20,22,25,28,31,37H,7,13-17H2,1-6H3,(H2,34,38)/t20-,22-,25+,28+,31-/m0/s1. The van der Waals surface area contributed by atoms with E-state index in [1.165, 1.54) is 28.7 Å². The number of hydrogen-bond acceptors (Lipinski definition) is 9. The summed E-state index contributed by atoms with van der Waals surface area (Å²) < 4.78 is 22.5. The summed E-state index contributed by atoms with van der Waals surface area (Å²) in [4.78, 5) is 43.5. The summed E-state index contributed by atoms with van der Waals surface area (Å²) in [5, 5.41) is 12.0. The minimum atomic E-state index is -0.816. The predicted molar refractivity (Wildman–Crippen MR) is 170 cm³/mol. The smallest absolute Gasteiger partial charge is 0.415 e. The van der Waals surface area contributed by atoms with Gasteiger partial charge in [-0.05, 0) is 63.3 Å². The van der Waals surface area contributed by atoms with Crippen LogP contribution < -0.4 is 15.4 Å². The zero-order chi connectivity index (χ0) is 32.6. The molecule has 0 radical (unpaired) electrons. The zero-order valence-corrected chi connectivity index (χ0v) is 27.5. The van der Waals surface area contributed by atoms with E-state index < -0.39 is 41.1 Å². The molecule has 3 N–H and O–H groups in total. The number of methoxy groups -OCH3 is 1. The second-order valence-electron chi connectivity index (χ2n) is 12.4. The molecule has 12 heteroatoms. The fourth-order valence-electron chi connectivity index (χ4n) is 6.69. The lowest BCUT2D eigenvalue weighted by Gasteiger charge is -2.32. The Hall–Kier alpha value is -3.48. The van der Waals surface area contributed by atoms with Crippen molar-refractivity contribution in [2.24, 2.45) is 11.7 Å². The summed E-state index contributed by atoms with van der Waals surface area (Å²) in [7, 11) is 1.45. The lowest BCUT2D eigenvalue weighted by Crippen LogP contribution is -2.52. The molecule has 5 rings (SSSR count). The SMILES string of the molecule is CC[C@H](C(=O)N1CSC(C)(C)[C@H]1C(N)=O)c1ccc(OC)c(N(Cc2c(C)cccc2C)C(=O)O[C@@H]2CO[C@@H]3OCC[C@H]32)c1O. The summed E-state index contributed by atoms with van der Waals surface area (Å²) in [5.41, 5.74) is 8.97. The van der Waals surface area contributed by atoms with Gasteiger partial charge in [0.05, 0.1) is 44.6 Å². The van der Waals surface area contributed by atoms with Gasteiger partial charge >= 0.3 is 6.09 Å². The van der Waals surface area contributed by atoms with Crippen LogP contribution in [-0.2, 0) is 30.3 Å². The van der Waals surface area contributed by atoms with E-state index in [0.29, 0.717) is 30.9 Å². The normalized spacial score (nSPS) is 24.3. The number of anilines is 1. The van der Waals surface area contributed by atoms with Crippen molar-refractivity contribution in [3.8, 4) is 11.5 Å². The van der Waals surface area contributed by atoms with Crippen LogP contribution in [0.2, 0.25) is 0 Å². The lowest BCUT2D eigenvalue weighted by atomic mass is 9.91. The van der Waals surface area contributed by atoms with E-state index in [1.54, 1.807) is 12.1 Å². The maximum atomic E-state index is 14.1. The third kappa shape index (κ3) is 6.19. The monoisotopic (exact) mass is 641 g/mol. The van der Waals surface area contributed by atoms with Crippen molar-refractivity contribution >= 4 is 35.4 Å². The molecule has 0 aromatic heterocycles. The van der Waals surface area contributed by atoms with E-state index in [-0.39, 0.29) is 42.2 Å². The van der Waals surface area contributed by atoms with E-state index in [0.717, 1.165) is 16.7 Å². The number of aryl methyl sites for hydroxylation is 2. The fourth-order valence-corrected chi connectivity index (χ4v) is 7.84. The minimum Gasteiger partial charge on any atom is -0.505 e. The number of carbonyl (C=O) groups is 3. The van der Waals surface area contributed by atoms with Gasteiger partial charge < -0.3 is 34.7 Å². The highest BCUT2D eigenvalue weighted by atomic mass is 32.2. The quantitative estimate of drug-likeness (QED) is 0.403. The van der Waals surface area contributed by atoms with Crippen LogP contribution >= 0.6 is 11.8 Å². The molecule has 0 unspecified atom stereocenters. The van der Waals surface area contributed by atoms with E-state index in [1.807, 2.05) is 52.8 Å². The van der Waals surface area contributed by atoms with Gasteiger partial charge in [-0.15, -0.1) is 11.8 Å².